The Morgan fingerprint density at radius 3 is 0.846 bits per heavy atom. The number of nitrogens with zero attached hydrogens (tertiary/aromatic N) is 9. The summed E-state index contributed by atoms with van der Waals surface area (Å²) in [4.78, 5) is 5.48. The molecule has 0 N–H and O–H groups in total. The minimum Gasteiger partial charge on any atom is -0.305 e. The number of rotatable bonds is 7. The predicted octanol–water partition coefficient (Wildman–Crippen LogP) is 19.8. The van der Waals surface area contributed by atoms with Gasteiger partial charge in [-0.05, 0) is 89.5 Å². The fraction of sp³-hybridized carbons (Fsp3) is 0. The van der Waals surface area contributed by atoms with Crippen LogP contribution in [0.3, 0.4) is 0 Å². The molecule has 0 fully saturated rings. The number of halogens is 2. The third-order valence-electron chi connectivity index (χ3n) is 18.4. The van der Waals surface area contributed by atoms with Crippen LogP contribution in [0, 0.1) is 45.6 Å². The maximum Gasteiger partial charge on any atom is 0.175 e. The predicted molar refractivity (Wildman–Crippen MR) is 361 cm³/mol. The number of fused-ring (bicyclic) bond motifs is 15. The first kappa shape index (κ1) is 51.4. The topological polar surface area (TPSA) is 109 Å². The maximum absolute atomic E-state index is 19.1. The van der Waals surface area contributed by atoms with Gasteiger partial charge in [0.2, 0.25) is 0 Å². The van der Waals surface area contributed by atoms with Crippen LogP contribution in [-0.2, 0) is 0 Å². The van der Waals surface area contributed by atoms with Crippen molar-refractivity contribution in [3.63, 3.8) is 0 Å². The van der Waals surface area contributed by atoms with Crippen LogP contribution in [0.4, 0.5) is 8.78 Å². The van der Waals surface area contributed by atoms with E-state index in [4.69, 9.17) is 4.98 Å². The monoisotopic (exact) mass is 1170 g/mol. The average Bonchev–Trinajstić information content (AvgIpc) is 1.69. The van der Waals surface area contributed by atoms with E-state index >= 15 is 8.78 Å². The smallest absolute Gasteiger partial charge is 0.175 e. The van der Waals surface area contributed by atoms with Gasteiger partial charge < -0.3 is 13.7 Å². The summed E-state index contributed by atoms with van der Waals surface area (Å²) >= 11 is 0. The second-order valence-corrected chi connectivity index (χ2v) is 22.9. The molecule has 18 rings (SSSR count). The van der Waals surface area contributed by atoms with Crippen LogP contribution in [0.15, 0.2) is 261 Å². The van der Waals surface area contributed by atoms with Gasteiger partial charge in [0, 0.05) is 59.4 Å². The minimum absolute atomic E-state index is 0.0690. The molecular formula is C80H43F2N9. The molecule has 6 aromatic heterocycles. The molecule has 0 saturated heterocycles. The quantitative estimate of drug-likeness (QED) is 0.158. The molecule has 6 heterocycles. The zero-order chi connectivity index (χ0) is 60.8. The van der Waals surface area contributed by atoms with E-state index in [1.165, 1.54) is 0 Å². The first-order valence-electron chi connectivity index (χ1n) is 29.9. The summed E-state index contributed by atoms with van der Waals surface area (Å²) in [5.74, 6) is -1.00. The summed E-state index contributed by atoms with van der Waals surface area (Å²) in [6, 6.07) is 92.1. The highest BCUT2D eigenvalue weighted by Crippen LogP contribution is 2.47. The molecule has 9 nitrogen and oxygen atoms in total. The fourth-order valence-corrected chi connectivity index (χ4v) is 14.6. The third-order valence-corrected chi connectivity index (χ3v) is 18.4. The van der Waals surface area contributed by atoms with Crippen molar-refractivity contribution in [1.82, 2.24) is 27.8 Å². The third kappa shape index (κ3) is 7.13. The molecule has 91 heavy (non-hydrogen) atoms. The molecule has 0 amide bonds. The zero-order valence-corrected chi connectivity index (χ0v) is 48.1. The van der Waals surface area contributed by atoms with Gasteiger partial charge in [-0.25, -0.2) is 13.8 Å². The minimum atomic E-state index is -0.895. The standard InChI is InChI=1S/C80H43F2N9/c81-74-76(87-63-30-12-4-22-50(63)51-23-5-13-31-64(51)87)62(46-85)77(75(82)78(74)89-65-32-14-6-24-52(65)53-25-7-15-33-66(53)89)88-67-34-16-10-28-56(67)58-42-48(38-40-71(58)88)49-39-41-72-59(43-49)57-29-11-19-37-70(57)91(72)80-61(45-84)73(47-20-2-1-3-21-47)60(44-83)79(86-80)90-68-35-17-8-26-54(68)55-27-9-18-36-69(55)90/h1-43H. The summed E-state index contributed by atoms with van der Waals surface area (Å²) in [6.07, 6.45) is 0. The average molecular weight is 1170 g/mol. The number of pyridine rings is 1. The van der Waals surface area contributed by atoms with Crippen molar-refractivity contribution in [1.29, 1.82) is 15.8 Å². The van der Waals surface area contributed by atoms with Gasteiger partial charge in [-0.15, -0.1) is 0 Å². The Bertz CT molecular complexity index is 6190. The second kappa shape index (κ2) is 19.6. The van der Waals surface area contributed by atoms with E-state index in [1.807, 2.05) is 228 Å². The van der Waals surface area contributed by atoms with Crippen molar-refractivity contribution in [3.05, 3.63) is 289 Å². The van der Waals surface area contributed by atoms with E-state index in [-0.39, 0.29) is 33.8 Å². The van der Waals surface area contributed by atoms with Crippen molar-refractivity contribution >= 4 is 109 Å². The molecule has 0 aliphatic heterocycles. The van der Waals surface area contributed by atoms with Crippen molar-refractivity contribution in [3.8, 4) is 69.2 Å². The summed E-state index contributed by atoms with van der Waals surface area (Å²) in [5.41, 5.74) is 9.93. The van der Waals surface area contributed by atoms with E-state index in [1.54, 1.807) is 13.7 Å². The lowest BCUT2D eigenvalue weighted by molar-refractivity contribution is 0.565. The molecular weight excluding hydrogens is 1120 g/mol. The van der Waals surface area contributed by atoms with Crippen LogP contribution in [-0.4, -0.2) is 27.8 Å². The highest BCUT2D eigenvalue weighted by atomic mass is 19.1. The zero-order valence-electron chi connectivity index (χ0n) is 48.1. The Balaban J connectivity index is 0.878. The highest BCUT2D eigenvalue weighted by Gasteiger charge is 2.34. The van der Waals surface area contributed by atoms with Crippen molar-refractivity contribution in [2.75, 3.05) is 0 Å². The van der Waals surface area contributed by atoms with E-state index in [9.17, 15) is 15.8 Å². The maximum atomic E-state index is 19.1. The fourth-order valence-electron chi connectivity index (χ4n) is 14.6. The molecule has 0 saturated carbocycles. The largest absolute Gasteiger partial charge is 0.305 e. The Hall–Kier alpha value is -12.9. The first-order chi connectivity index (χ1) is 44.9. The number of nitriles is 3. The van der Waals surface area contributed by atoms with Gasteiger partial charge in [-0.3, -0.25) is 9.13 Å². The van der Waals surface area contributed by atoms with E-state index in [2.05, 4.69) is 60.7 Å². The van der Waals surface area contributed by atoms with Crippen LogP contribution in [0.25, 0.3) is 160 Å². The summed E-state index contributed by atoms with van der Waals surface area (Å²) in [6.45, 7) is 0. The number of para-hydroxylation sites is 8. The number of benzene rings is 12. The van der Waals surface area contributed by atoms with Gasteiger partial charge in [0.15, 0.2) is 23.3 Å². The van der Waals surface area contributed by atoms with E-state index in [0.717, 1.165) is 87.1 Å². The molecule has 0 aliphatic carbocycles. The Morgan fingerprint density at radius 1 is 0.253 bits per heavy atom. The lowest BCUT2D eigenvalue weighted by atomic mass is 9.95. The normalized spacial score (nSPS) is 11.8. The molecule has 11 heteroatoms. The van der Waals surface area contributed by atoms with Gasteiger partial charge >= 0.3 is 0 Å². The number of hydrogen-bond donors (Lipinski definition) is 0. The van der Waals surface area contributed by atoms with Crippen molar-refractivity contribution in [2.24, 2.45) is 0 Å². The van der Waals surface area contributed by atoms with Crippen LogP contribution in [0.2, 0.25) is 0 Å². The Labute approximate surface area is 517 Å². The van der Waals surface area contributed by atoms with Crippen LogP contribution in [0.5, 0.6) is 0 Å². The van der Waals surface area contributed by atoms with E-state index < -0.39 is 11.6 Å². The number of aromatic nitrogens is 6. The molecule has 0 radical (unpaired) electrons. The Kier molecular flexibility index (Phi) is 11.0. The van der Waals surface area contributed by atoms with Gasteiger partial charge in [-0.2, -0.15) is 15.8 Å². The lowest BCUT2D eigenvalue weighted by Crippen LogP contribution is -2.14. The molecule has 0 atom stereocenters. The molecule has 0 bridgehead atoms. The first-order valence-corrected chi connectivity index (χ1v) is 29.9. The van der Waals surface area contributed by atoms with Crippen molar-refractivity contribution in [2.45, 2.75) is 0 Å². The van der Waals surface area contributed by atoms with Gasteiger partial charge in [0.05, 0.1) is 55.2 Å². The van der Waals surface area contributed by atoms with Gasteiger partial charge in [0.1, 0.15) is 52.0 Å². The molecule has 422 valence electrons. The van der Waals surface area contributed by atoms with Gasteiger partial charge in [-0.1, -0.05) is 188 Å². The second-order valence-electron chi connectivity index (χ2n) is 22.9. The highest BCUT2D eigenvalue weighted by molar-refractivity contribution is 6.15. The lowest BCUT2D eigenvalue weighted by Gasteiger charge is -2.22. The summed E-state index contributed by atoms with van der Waals surface area (Å²) in [5, 5.41) is 43.3. The molecule has 12 aromatic carbocycles. The molecule has 0 unspecified atom stereocenters. The van der Waals surface area contributed by atoms with Gasteiger partial charge in [0.25, 0.3) is 0 Å². The van der Waals surface area contributed by atoms with Crippen LogP contribution >= 0.6 is 0 Å². The van der Waals surface area contributed by atoms with Crippen molar-refractivity contribution < 1.29 is 8.78 Å². The molecule has 0 aliphatic rings. The Morgan fingerprint density at radius 2 is 0.516 bits per heavy atom. The SMILES string of the molecule is N#Cc1c(-n2c3ccccc3c3ccccc32)nc(-n2c3ccccc3c3cc(-c4ccc5c(c4)c4ccccc4n5-c4c(F)c(-n5c6ccccc6c6ccccc65)c(F)c(-n5c6ccccc6c6ccccc65)c4C#N)ccc32)c(C#N)c1-c1ccccc1. The number of hydrogen-bond acceptors (Lipinski definition) is 4. The molecule has 18 aromatic rings. The summed E-state index contributed by atoms with van der Waals surface area (Å²) in [7, 11) is 0. The molecule has 0 spiro atoms. The van der Waals surface area contributed by atoms with Crippen LogP contribution in [0.1, 0.15) is 16.7 Å². The summed E-state index contributed by atoms with van der Waals surface area (Å²) < 4.78 is 47.3. The van der Waals surface area contributed by atoms with Crippen LogP contribution < -0.4 is 0 Å². The van der Waals surface area contributed by atoms with E-state index in [0.29, 0.717) is 55.9 Å².